The summed E-state index contributed by atoms with van der Waals surface area (Å²) in [5.41, 5.74) is 6.96. The van der Waals surface area contributed by atoms with Crippen LogP contribution in [0.25, 0.3) is 0 Å². The Morgan fingerprint density at radius 2 is 2.00 bits per heavy atom. The Hall–Kier alpha value is -1.88. The lowest BCUT2D eigenvalue weighted by atomic mass is 10.2. The van der Waals surface area contributed by atoms with Gasteiger partial charge >= 0.3 is 0 Å². The van der Waals surface area contributed by atoms with Crippen molar-refractivity contribution in [1.82, 2.24) is 0 Å². The highest BCUT2D eigenvalue weighted by molar-refractivity contribution is 9.10. The molecule has 0 bridgehead atoms. The van der Waals surface area contributed by atoms with Crippen molar-refractivity contribution in [3.8, 4) is 0 Å². The number of rotatable bonds is 2. The van der Waals surface area contributed by atoms with E-state index in [-0.39, 0.29) is 11.5 Å². The van der Waals surface area contributed by atoms with E-state index in [1.807, 2.05) is 0 Å². The molecule has 0 aromatic heterocycles. The lowest BCUT2D eigenvalue weighted by Crippen LogP contribution is -2.12. The van der Waals surface area contributed by atoms with Crippen LogP contribution in [0.1, 0.15) is 10.4 Å². The molecule has 3 N–H and O–H groups in total. The van der Waals surface area contributed by atoms with Gasteiger partial charge in [-0.3, -0.25) is 4.79 Å². The fraction of sp³-hybridized carbons (Fsp3) is 0. The molecule has 2 rings (SSSR count). The third kappa shape index (κ3) is 3.07. The number of hydrogen-bond donors (Lipinski definition) is 2. The predicted octanol–water partition coefficient (Wildman–Crippen LogP) is 3.42. The summed E-state index contributed by atoms with van der Waals surface area (Å²) in [6.07, 6.45) is 0. The summed E-state index contributed by atoms with van der Waals surface area (Å²) in [7, 11) is 0. The first-order chi connectivity index (χ1) is 8.54. The molecule has 0 heterocycles. The van der Waals surface area contributed by atoms with Crippen molar-refractivity contribution in [1.29, 1.82) is 0 Å². The Balaban J connectivity index is 2.22. The lowest BCUT2D eigenvalue weighted by Gasteiger charge is -2.06. The van der Waals surface area contributed by atoms with Gasteiger partial charge in [-0.25, -0.2) is 4.39 Å². The van der Waals surface area contributed by atoms with Crippen molar-refractivity contribution in [2.24, 2.45) is 0 Å². The van der Waals surface area contributed by atoms with Gasteiger partial charge in [-0.2, -0.15) is 0 Å². The molecule has 0 saturated heterocycles. The minimum atomic E-state index is -0.470. The van der Waals surface area contributed by atoms with Crippen molar-refractivity contribution in [3.05, 3.63) is 58.3 Å². The summed E-state index contributed by atoms with van der Waals surface area (Å²) >= 11 is 3.14. The maximum atomic E-state index is 13.2. The monoisotopic (exact) mass is 308 g/mol. The van der Waals surface area contributed by atoms with E-state index >= 15 is 0 Å². The number of nitrogen functional groups attached to an aromatic ring is 1. The van der Waals surface area contributed by atoms with Crippen LogP contribution in [0, 0.1) is 5.82 Å². The number of benzene rings is 2. The van der Waals surface area contributed by atoms with Crippen molar-refractivity contribution in [2.75, 3.05) is 11.1 Å². The van der Waals surface area contributed by atoms with E-state index in [9.17, 15) is 9.18 Å². The van der Waals surface area contributed by atoms with Crippen LogP contribution < -0.4 is 11.1 Å². The number of carbonyl (C=O) groups excluding carboxylic acids is 1. The molecule has 18 heavy (non-hydrogen) atoms. The largest absolute Gasteiger partial charge is 0.399 e. The molecule has 0 unspecified atom stereocenters. The van der Waals surface area contributed by atoms with Crippen molar-refractivity contribution >= 4 is 33.2 Å². The topological polar surface area (TPSA) is 55.1 Å². The number of nitrogens with one attached hydrogen (secondary N) is 1. The van der Waals surface area contributed by atoms with E-state index in [1.54, 1.807) is 30.3 Å². The van der Waals surface area contributed by atoms with Gasteiger partial charge in [0, 0.05) is 21.4 Å². The minimum Gasteiger partial charge on any atom is -0.399 e. The third-order valence-corrected chi connectivity index (χ3v) is 2.73. The maximum absolute atomic E-state index is 13.2. The van der Waals surface area contributed by atoms with Gasteiger partial charge in [0.1, 0.15) is 5.82 Å². The van der Waals surface area contributed by atoms with E-state index in [4.69, 9.17) is 5.73 Å². The summed E-state index contributed by atoms with van der Waals surface area (Å²) in [4.78, 5) is 11.9. The molecule has 0 fully saturated rings. The van der Waals surface area contributed by atoms with Crippen molar-refractivity contribution in [2.45, 2.75) is 0 Å². The molecule has 0 saturated carbocycles. The van der Waals surface area contributed by atoms with Crippen LogP contribution in [0.15, 0.2) is 46.9 Å². The zero-order chi connectivity index (χ0) is 13.1. The zero-order valence-electron chi connectivity index (χ0n) is 9.28. The van der Waals surface area contributed by atoms with Crippen LogP contribution in [-0.2, 0) is 0 Å². The second-order valence-corrected chi connectivity index (χ2v) is 4.65. The van der Waals surface area contributed by atoms with Gasteiger partial charge in [-0.1, -0.05) is 22.0 Å². The van der Waals surface area contributed by atoms with Crippen LogP contribution in [0.3, 0.4) is 0 Å². The number of halogens is 2. The summed E-state index contributed by atoms with van der Waals surface area (Å²) in [5, 5.41) is 2.65. The second-order valence-electron chi connectivity index (χ2n) is 3.74. The van der Waals surface area contributed by atoms with E-state index < -0.39 is 5.82 Å². The Bertz CT molecular complexity index is 581. The molecule has 0 aliphatic heterocycles. The Morgan fingerprint density at radius 1 is 1.22 bits per heavy atom. The SMILES string of the molecule is Nc1cccc(NC(=O)c2cc(F)cc(Br)c2)c1. The van der Waals surface area contributed by atoms with E-state index in [2.05, 4.69) is 21.2 Å². The van der Waals surface area contributed by atoms with Gasteiger partial charge in [0.15, 0.2) is 0 Å². The fourth-order valence-electron chi connectivity index (χ4n) is 1.50. The number of nitrogens with two attached hydrogens (primary N) is 1. The summed E-state index contributed by atoms with van der Waals surface area (Å²) in [5.74, 6) is -0.858. The average molecular weight is 309 g/mol. The molecule has 0 aliphatic rings. The molecule has 1 amide bonds. The third-order valence-electron chi connectivity index (χ3n) is 2.27. The van der Waals surface area contributed by atoms with Gasteiger partial charge < -0.3 is 11.1 Å². The first-order valence-electron chi connectivity index (χ1n) is 5.17. The van der Waals surface area contributed by atoms with Crippen LogP contribution in [0.4, 0.5) is 15.8 Å². The minimum absolute atomic E-state index is 0.240. The van der Waals surface area contributed by atoms with E-state index in [0.29, 0.717) is 15.8 Å². The normalized spacial score (nSPS) is 10.1. The molecule has 2 aromatic rings. The highest BCUT2D eigenvalue weighted by atomic mass is 79.9. The summed E-state index contributed by atoms with van der Waals surface area (Å²) in [6, 6.07) is 10.8. The molecule has 5 heteroatoms. The lowest BCUT2D eigenvalue weighted by molar-refractivity contribution is 0.102. The van der Waals surface area contributed by atoms with Crippen LogP contribution >= 0.6 is 15.9 Å². The maximum Gasteiger partial charge on any atom is 0.255 e. The van der Waals surface area contributed by atoms with E-state index in [1.165, 1.54) is 12.1 Å². The first kappa shape index (κ1) is 12.6. The Labute approximate surface area is 112 Å². The molecule has 0 aliphatic carbocycles. The molecule has 0 atom stereocenters. The average Bonchev–Trinajstić information content (AvgIpc) is 2.27. The van der Waals surface area contributed by atoms with Crippen molar-refractivity contribution in [3.63, 3.8) is 0 Å². The van der Waals surface area contributed by atoms with Gasteiger partial charge in [-0.15, -0.1) is 0 Å². The summed E-state index contributed by atoms with van der Waals surface area (Å²) in [6.45, 7) is 0. The number of anilines is 2. The summed E-state index contributed by atoms with van der Waals surface area (Å²) < 4.78 is 13.7. The van der Waals surface area contributed by atoms with Gasteiger partial charge in [0.05, 0.1) is 0 Å². The second kappa shape index (κ2) is 5.18. The Kier molecular flexibility index (Phi) is 3.62. The quantitative estimate of drug-likeness (QED) is 0.835. The molecule has 0 radical (unpaired) electrons. The van der Waals surface area contributed by atoms with E-state index in [0.717, 1.165) is 0 Å². The Morgan fingerprint density at radius 3 is 2.67 bits per heavy atom. The first-order valence-corrected chi connectivity index (χ1v) is 5.97. The van der Waals surface area contributed by atoms with Gasteiger partial charge in [0.2, 0.25) is 0 Å². The number of hydrogen-bond acceptors (Lipinski definition) is 2. The highest BCUT2D eigenvalue weighted by Crippen LogP contribution is 2.17. The van der Waals surface area contributed by atoms with Crippen LogP contribution in [-0.4, -0.2) is 5.91 Å². The van der Waals surface area contributed by atoms with Crippen LogP contribution in [0.5, 0.6) is 0 Å². The number of amides is 1. The molecule has 3 nitrogen and oxygen atoms in total. The van der Waals surface area contributed by atoms with Crippen molar-refractivity contribution < 1.29 is 9.18 Å². The van der Waals surface area contributed by atoms with Gasteiger partial charge in [-0.05, 0) is 36.4 Å². The molecule has 92 valence electrons. The van der Waals surface area contributed by atoms with Gasteiger partial charge in [0.25, 0.3) is 5.91 Å². The standard InChI is InChI=1S/C13H10BrFN2O/c14-9-4-8(5-10(15)6-9)13(18)17-12-3-1-2-11(16)7-12/h1-7H,16H2,(H,17,18). The smallest absolute Gasteiger partial charge is 0.255 e. The molecular formula is C13H10BrFN2O. The zero-order valence-corrected chi connectivity index (χ0v) is 10.9. The fourth-order valence-corrected chi connectivity index (χ4v) is 1.97. The number of carbonyl (C=O) groups is 1. The molecule has 2 aromatic carbocycles. The van der Waals surface area contributed by atoms with Crippen LogP contribution in [0.2, 0.25) is 0 Å². The highest BCUT2D eigenvalue weighted by Gasteiger charge is 2.08. The molecule has 0 spiro atoms. The molecular weight excluding hydrogens is 299 g/mol. The predicted molar refractivity (Wildman–Crippen MR) is 72.9 cm³/mol.